The summed E-state index contributed by atoms with van der Waals surface area (Å²) in [7, 11) is 0. The van der Waals surface area contributed by atoms with Crippen LogP contribution < -0.4 is 10.6 Å². The minimum absolute atomic E-state index is 0.259. The van der Waals surface area contributed by atoms with E-state index in [0.717, 1.165) is 5.56 Å². The number of halogens is 1. The van der Waals surface area contributed by atoms with Crippen LogP contribution in [0.15, 0.2) is 59.2 Å². The van der Waals surface area contributed by atoms with Crippen LogP contribution in [0.5, 0.6) is 0 Å². The molecule has 1 aliphatic rings. The highest BCUT2D eigenvalue weighted by Crippen LogP contribution is 2.27. The Morgan fingerprint density at radius 1 is 1.11 bits per heavy atom. The third-order valence-electron chi connectivity index (χ3n) is 3.96. The fourth-order valence-corrected chi connectivity index (χ4v) is 3.40. The highest BCUT2D eigenvalue weighted by Gasteiger charge is 2.20. The third-order valence-corrected chi connectivity index (χ3v) is 5.09. The van der Waals surface area contributed by atoms with Crippen molar-refractivity contribution in [2.75, 3.05) is 17.7 Å². The standard InChI is InChI=1S/C20H19FN2O3S/c1-13-18(27-11-10-26-13)20(25)23-17-5-3-2-4-16(17)19(24)22-12-14-6-8-15(21)9-7-14/h2-9H,10-12H2,1H3,(H,22,24)(H,23,25). The summed E-state index contributed by atoms with van der Waals surface area (Å²) in [4.78, 5) is 25.6. The molecule has 0 spiro atoms. The van der Waals surface area contributed by atoms with Gasteiger partial charge in [0.25, 0.3) is 11.8 Å². The van der Waals surface area contributed by atoms with E-state index in [9.17, 15) is 14.0 Å². The van der Waals surface area contributed by atoms with Crippen LogP contribution in [0.3, 0.4) is 0 Å². The number of para-hydroxylation sites is 1. The average molecular weight is 386 g/mol. The number of amides is 2. The van der Waals surface area contributed by atoms with Gasteiger partial charge in [0.2, 0.25) is 0 Å². The Bertz CT molecular complexity index is 881. The van der Waals surface area contributed by atoms with Gasteiger partial charge in [-0.25, -0.2) is 4.39 Å². The van der Waals surface area contributed by atoms with Crippen molar-refractivity contribution in [1.29, 1.82) is 0 Å². The Morgan fingerprint density at radius 3 is 2.59 bits per heavy atom. The maximum Gasteiger partial charge on any atom is 0.265 e. The van der Waals surface area contributed by atoms with Crippen LogP contribution in [0.1, 0.15) is 22.8 Å². The number of hydrogen-bond acceptors (Lipinski definition) is 4. The Labute approximate surface area is 161 Å². The molecule has 0 unspecified atom stereocenters. The first-order valence-electron chi connectivity index (χ1n) is 8.44. The van der Waals surface area contributed by atoms with E-state index in [-0.39, 0.29) is 24.2 Å². The monoisotopic (exact) mass is 386 g/mol. The first-order valence-corrected chi connectivity index (χ1v) is 9.42. The van der Waals surface area contributed by atoms with Crippen LogP contribution in [-0.2, 0) is 16.1 Å². The molecule has 2 amide bonds. The summed E-state index contributed by atoms with van der Waals surface area (Å²) in [5, 5.41) is 5.57. The normalized spacial score (nSPS) is 13.7. The predicted octanol–water partition coefficient (Wildman–Crippen LogP) is 3.69. The molecule has 0 atom stereocenters. The van der Waals surface area contributed by atoms with Gasteiger partial charge >= 0.3 is 0 Å². The van der Waals surface area contributed by atoms with Crippen LogP contribution >= 0.6 is 11.8 Å². The van der Waals surface area contributed by atoms with Crippen molar-refractivity contribution >= 4 is 29.3 Å². The molecule has 0 radical (unpaired) electrons. The van der Waals surface area contributed by atoms with Crippen molar-refractivity contribution in [3.8, 4) is 0 Å². The van der Waals surface area contributed by atoms with E-state index in [2.05, 4.69) is 10.6 Å². The first kappa shape index (κ1) is 19.0. The molecular formula is C20H19FN2O3S. The number of ether oxygens (including phenoxy) is 1. The molecule has 1 heterocycles. The molecule has 2 N–H and O–H groups in total. The summed E-state index contributed by atoms with van der Waals surface area (Å²) in [5.41, 5.74) is 1.56. The zero-order valence-corrected chi connectivity index (χ0v) is 15.6. The van der Waals surface area contributed by atoms with E-state index < -0.39 is 0 Å². The molecule has 0 fully saturated rings. The lowest BCUT2D eigenvalue weighted by Crippen LogP contribution is -2.25. The molecule has 0 saturated heterocycles. The van der Waals surface area contributed by atoms with Gasteiger partial charge in [0, 0.05) is 12.3 Å². The number of rotatable bonds is 5. The summed E-state index contributed by atoms with van der Waals surface area (Å²) in [6.45, 7) is 2.59. The molecule has 7 heteroatoms. The minimum atomic E-state index is -0.327. The maximum atomic E-state index is 13.0. The Hall–Kier alpha value is -2.80. The zero-order chi connectivity index (χ0) is 19.2. The van der Waals surface area contributed by atoms with E-state index in [1.807, 2.05) is 0 Å². The predicted molar refractivity (Wildman–Crippen MR) is 104 cm³/mol. The molecule has 140 valence electrons. The number of hydrogen-bond donors (Lipinski definition) is 2. The van der Waals surface area contributed by atoms with Gasteiger partial charge in [-0.3, -0.25) is 9.59 Å². The van der Waals surface area contributed by atoms with Crippen LogP contribution in [-0.4, -0.2) is 24.2 Å². The molecule has 0 bridgehead atoms. The van der Waals surface area contributed by atoms with Crippen LogP contribution in [0.4, 0.5) is 10.1 Å². The van der Waals surface area contributed by atoms with E-state index in [0.29, 0.717) is 34.3 Å². The Kier molecular flexibility index (Phi) is 6.13. The molecule has 0 saturated carbocycles. The largest absolute Gasteiger partial charge is 0.496 e. The number of allylic oxidation sites excluding steroid dienone is 1. The Morgan fingerprint density at radius 2 is 1.85 bits per heavy atom. The molecule has 0 aromatic heterocycles. The van der Waals surface area contributed by atoms with Crippen LogP contribution in [0.2, 0.25) is 0 Å². The van der Waals surface area contributed by atoms with Crippen LogP contribution in [0.25, 0.3) is 0 Å². The summed E-state index contributed by atoms with van der Waals surface area (Å²) >= 11 is 1.43. The summed E-state index contributed by atoms with van der Waals surface area (Å²) in [6.07, 6.45) is 0. The lowest BCUT2D eigenvalue weighted by molar-refractivity contribution is -0.112. The quantitative estimate of drug-likeness (QED) is 0.823. The molecule has 2 aromatic rings. The van der Waals surface area contributed by atoms with E-state index in [1.165, 1.54) is 23.9 Å². The Balaban J connectivity index is 1.70. The number of anilines is 1. The second kappa shape index (κ2) is 8.73. The fourth-order valence-electron chi connectivity index (χ4n) is 2.58. The van der Waals surface area contributed by atoms with Crippen molar-refractivity contribution in [1.82, 2.24) is 5.32 Å². The maximum absolute atomic E-state index is 13.0. The number of carbonyl (C=O) groups excluding carboxylic acids is 2. The van der Waals surface area contributed by atoms with Crippen molar-refractivity contribution < 1.29 is 18.7 Å². The number of nitrogens with one attached hydrogen (secondary N) is 2. The van der Waals surface area contributed by atoms with Crippen LogP contribution in [0, 0.1) is 5.82 Å². The summed E-state index contributed by atoms with van der Waals surface area (Å²) in [6, 6.07) is 12.7. The van der Waals surface area contributed by atoms with Gasteiger partial charge in [-0.15, -0.1) is 11.8 Å². The van der Waals surface area contributed by atoms with Crippen molar-refractivity contribution in [3.63, 3.8) is 0 Å². The molecule has 5 nitrogen and oxygen atoms in total. The topological polar surface area (TPSA) is 67.4 Å². The molecule has 27 heavy (non-hydrogen) atoms. The van der Waals surface area contributed by atoms with Gasteiger partial charge < -0.3 is 15.4 Å². The van der Waals surface area contributed by atoms with Crippen molar-refractivity contribution in [2.24, 2.45) is 0 Å². The fraction of sp³-hybridized carbons (Fsp3) is 0.200. The van der Waals surface area contributed by atoms with E-state index >= 15 is 0 Å². The molecule has 1 aliphatic heterocycles. The van der Waals surface area contributed by atoms with Crippen molar-refractivity contribution in [3.05, 3.63) is 76.1 Å². The van der Waals surface area contributed by atoms with Gasteiger partial charge in [-0.1, -0.05) is 24.3 Å². The number of thioether (sulfide) groups is 1. The second-order valence-electron chi connectivity index (χ2n) is 5.89. The lowest BCUT2D eigenvalue weighted by Gasteiger charge is -2.18. The molecule has 2 aromatic carbocycles. The first-order chi connectivity index (χ1) is 13.0. The number of carbonyl (C=O) groups is 2. The smallest absolute Gasteiger partial charge is 0.265 e. The zero-order valence-electron chi connectivity index (χ0n) is 14.8. The molecule has 3 rings (SSSR count). The lowest BCUT2D eigenvalue weighted by atomic mass is 10.1. The summed E-state index contributed by atoms with van der Waals surface area (Å²) in [5.74, 6) is 0.346. The molecular weight excluding hydrogens is 367 g/mol. The van der Waals surface area contributed by atoms with E-state index in [4.69, 9.17) is 4.74 Å². The van der Waals surface area contributed by atoms with Gasteiger partial charge in [0.05, 0.1) is 17.9 Å². The highest BCUT2D eigenvalue weighted by molar-refractivity contribution is 8.04. The average Bonchev–Trinajstić information content (AvgIpc) is 2.68. The van der Waals surface area contributed by atoms with Gasteiger partial charge in [-0.2, -0.15) is 0 Å². The minimum Gasteiger partial charge on any atom is -0.496 e. The third kappa shape index (κ3) is 4.89. The summed E-state index contributed by atoms with van der Waals surface area (Å²) < 4.78 is 18.4. The van der Waals surface area contributed by atoms with Gasteiger partial charge in [-0.05, 0) is 36.8 Å². The second-order valence-corrected chi connectivity index (χ2v) is 7.00. The molecule has 0 aliphatic carbocycles. The van der Waals surface area contributed by atoms with Gasteiger partial charge in [0.15, 0.2) is 0 Å². The van der Waals surface area contributed by atoms with E-state index in [1.54, 1.807) is 43.3 Å². The highest BCUT2D eigenvalue weighted by atomic mass is 32.2. The SMILES string of the molecule is CC1=C(C(=O)Nc2ccccc2C(=O)NCc2ccc(F)cc2)SCCO1. The van der Waals surface area contributed by atoms with Gasteiger partial charge in [0.1, 0.15) is 16.5 Å². The van der Waals surface area contributed by atoms with Crippen molar-refractivity contribution in [2.45, 2.75) is 13.5 Å². The number of benzene rings is 2.